The van der Waals surface area contributed by atoms with Crippen molar-refractivity contribution >= 4 is 0 Å². The largest absolute Gasteiger partial charge is 0.454 e. The SMILES string of the molecule is C[C@H]1[C@@H](O)[C@H](C)O[C@@H]1c1ccc2c(c1)OCO2. The number of rotatable bonds is 1. The van der Waals surface area contributed by atoms with Crippen LogP contribution in [0.5, 0.6) is 11.5 Å². The Bertz CT molecular complexity index is 431. The average molecular weight is 236 g/mol. The van der Waals surface area contributed by atoms with E-state index < -0.39 is 6.10 Å². The summed E-state index contributed by atoms with van der Waals surface area (Å²) in [6.07, 6.45) is -0.611. The molecule has 4 nitrogen and oxygen atoms in total. The van der Waals surface area contributed by atoms with Gasteiger partial charge in [0.2, 0.25) is 6.79 Å². The Hall–Kier alpha value is -1.26. The molecule has 0 spiro atoms. The Labute approximate surface area is 100 Å². The Morgan fingerprint density at radius 3 is 2.65 bits per heavy atom. The van der Waals surface area contributed by atoms with Gasteiger partial charge in [-0.15, -0.1) is 0 Å². The predicted molar refractivity (Wildman–Crippen MR) is 61.0 cm³/mol. The minimum absolute atomic E-state index is 0.0745. The first-order chi connectivity index (χ1) is 8.16. The topological polar surface area (TPSA) is 47.9 Å². The van der Waals surface area contributed by atoms with Crippen LogP contribution in [0.2, 0.25) is 0 Å². The molecule has 4 atom stereocenters. The molecular formula is C13H16O4. The van der Waals surface area contributed by atoms with E-state index in [1.807, 2.05) is 32.0 Å². The van der Waals surface area contributed by atoms with Gasteiger partial charge in [0.05, 0.1) is 18.3 Å². The van der Waals surface area contributed by atoms with Gasteiger partial charge in [-0.25, -0.2) is 0 Å². The summed E-state index contributed by atoms with van der Waals surface area (Å²) in [5.41, 5.74) is 1.03. The lowest BCUT2D eigenvalue weighted by Crippen LogP contribution is -2.21. The van der Waals surface area contributed by atoms with Gasteiger partial charge in [0.15, 0.2) is 11.5 Å². The molecule has 0 aromatic heterocycles. The van der Waals surface area contributed by atoms with E-state index in [0.717, 1.165) is 17.1 Å². The van der Waals surface area contributed by atoms with Crippen LogP contribution in [0.1, 0.15) is 25.5 Å². The van der Waals surface area contributed by atoms with Gasteiger partial charge in [-0.05, 0) is 24.6 Å². The van der Waals surface area contributed by atoms with E-state index in [-0.39, 0.29) is 24.9 Å². The quantitative estimate of drug-likeness (QED) is 0.808. The van der Waals surface area contributed by atoms with Crippen LogP contribution in [0, 0.1) is 5.92 Å². The van der Waals surface area contributed by atoms with Gasteiger partial charge >= 0.3 is 0 Å². The number of ether oxygens (including phenoxy) is 3. The summed E-state index contributed by atoms with van der Waals surface area (Å²) in [7, 11) is 0. The molecule has 2 heterocycles. The van der Waals surface area contributed by atoms with Crippen LogP contribution in [-0.4, -0.2) is 24.1 Å². The van der Waals surface area contributed by atoms with Gasteiger partial charge in [0.1, 0.15) is 0 Å². The molecule has 0 aliphatic carbocycles. The van der Waals surface area contributed by atoms with Crippen molar-refractivity contribution in [1.82, 2.24) is 0 Å². The van der Waals surface area contributed by atoms with Crippen LogP contribution in [0.15, 0.2) is 18.2 Å². The minimum Gasteiger partial charge on any atom is -0.454 e. The minimum atomic E-state index is -0.412. The van der Waals surface area contributed by atoms with Crippen molar-refractivity contribution in [2.24, 2.45) is 5.92 Å². The molecule has 0 bridgehead atoms. The summed E-state index contributed by atoms with van der Waals surface area (Å²) < 4.78 is 16.4. The van der Waals surface area contributed by atoms with Crippen LogP contribution >= 0.6 is 0 Å². The molecule has 1 aromatic carbocycles. The molecule has 3 rings (SSSR count). The zero-order chi connectivity index (χ0) is 12.0. The highest BCUT2D eigenvalue weighted by molar-refractivity contribution is 5.45. The standard InChI is InChI=1S/C13H16O4/c1-7-12(14)8(2)17-13(7)9-3-4-10-11(5-9)16-6-15-10/h3-5,7-8,12-14H,6H2,1-2H3/t7-,8-,12+,13-/m0/s1. The molecule has 0 unspecified atom stereocenters. The van der Waals surface area contributed by atoms with E-state index in [4.69, 9.17) is 14.2 Å². The van der Waals surface area contributed by atoms with E-state index >= 15 is 0 Å². The normalized spacial score (nSPS) is 35.2. The number of hydrogen-bond donors (Lipinski definition) is 1. The third-order valence-corrected chi connectivity index (χ3v) is 3.58. The second-order valence-corrected chi connectivity index (χ2v) is 4.72. The molecule has 1 aromatic rings. The molecule has 92 valence electrons. The maximum absolute atomic E-state index is 9.91. The van der Waals surface area contributed by atoms with Crippen molar-refractivity contribution in [3.63, 3.8) is 0 Å². The third-order valence-electron chi connectivity index (χ3n) is 3.58. The Balaban J connectivity index is 1.90. The van der Waals surface area contributed by atoms with Crippen LogP contribution < -0.4 is 9.47 Å². The molecule has 4 heteroatoms. The van der Waals surface area contributed by atoms with Crippen molar-refractivity contribution < 1.29 is 19.3 Å². The number of fused-ring (bicyclic) bond motifs is 1. The third kappa shape index (κ3) is 1.68. The lowest BCUT2D eigenvalue weighted by molar-refractivity contribution is 0.0214. The van der Waals surface area contributed by atoms with E-state index in [0.29, 0.717) is 0 Å². The molecular weight excluding hydrogens is 220 g/mol. The molecule has 1 fully saturated rings. The maximum atomic E-state index is 9.91. The van der Waals surface area contributed by atoms with Crippen molar-refractivity contribution in [3.05, 3.63) is 23.8 Å². The van der Waals surface area contributed by atoms with Gasteiger partial charge in [-0.2, -0.15) is 0 Å². The van der Waals surface area contributed by atoms with Crippen LogP contribution in [-0.2, 0) is 4.74 Å². The van der Waals surface area contributed by atoms with E-state index in [2.05, 4.69) is 0 Å². The summed E-state index contributed by atoms with van der Waals surface area (Å²) in [5, 5.41) is 9.91. The van der Waals surface area contributed by atoms with Gasteiger partial charge in [-0.3, -0.25) is 0 Å². The average Bonchev–Trinajstić information content (AvgIpc) is 2.89. The molecule has 0 saturated carbocycles. The molecule has 17 heavy (non-hydrogen) atoms. The number of benzene rings is 1. The monoisotopic (exact) mass is 236 g/mol. The molecule has 0 amide bonds. The summed E-state index contributed by atoms with van der Waals surface area (Å²) in [5.74, 6) is 1.62. The van der Waals surface area contributed by atoms with Gasteiger partial charge < -0.3 is 19.3 Å². The number of hydrogen-bond acceptors (Lipinski definition) is 4. The fourth-order valence-electron chi connectivity index (χ4n) is 2.51. The Morgan fingerprint density at radius 2 is 1.94 bits per heavy atom. The van der Waals surface area contributed by atoms with Crippen LogP contribution in [0.25, 0.3) is 0 Å². The highest BCUT2D eigenvalue weighted by Gasteiger charge is 2.39. The first-order valence-electron chi connectivity index (χ1n) is 5.90. The van der Waals surface area contributed by atoms with Crippen molar-refractivity contribution in [2.75, 3.05) is 6.79 Å². The van der Waals surface area contributed by atoms with Crippen LogP contribution in [0.3, 0.4) is 0 Å². The predicted octanol–water partition coefficient (Wildman–Crippen LogP) is 1.87. The Kier molecular flexibility index (Phi) is 2.49. The van der Waals surface area contributed by atoms with Gasteiger partial charge in [0, 0.05) is 5.92 Å². The molecule has 2 aliphatic rings. The smallest absolute Gasteiger partial charge is 0.231 e. The second kappa shape index (κ2) is 3.89. The van der Waals surface area contributed by atoms with Crippen molar-refractivity contribution in [2.45, 2.75) is 32.2 Å². The molecule has 2 aliphatic heterocycles. The van der Waals surface area contributed by atoms with Crippen molar-refractivity contribution in [3.8, 4) is 11.5 Å². The van der Waals surface area contributed by atoms with E-state index in [1.54, 1.807) is 0 Å². The number of aliphatic hydroxyl groups is 1. The zero-order valence-corrected chi connectivity index (χ0v) is 9.92. The molecule has 0 radical (unpaired) electrons. The first kappa shape index (κ1) is 10.9. The fraction of sp³-hybridized carbons (Fsp3) is 0.538. The van der Waals surface area contributed by atoms with E-state index in [1.165, 1.54) is 0 Å². The summed E-state index contributed by atoms with van der Waals surface area (Å²) in [6, 6.07) is 5.80. The summed E-state index contributed by atoms with van der Waals surface area (Å²) >= 11 is 0. The lowest BCUT2D eigenvalue weighted by atomic mass is 9.94. The highest BCUT2D eigenvalue weighted by atomic mass is 16.7. The highest BCUT2D eigenvalue weighted by Crippen LogP contribution is 2.41. The van der Waals surface area contributed by atoms with Gasteiger partial charge in [-0.1, -0.05) is 13.0 Å². The molecule has 1 saturated heterocycles. The maximum Gasteiger partial charge on any atom is 0.231 e. The summed E-state index contributed by atoms with van der Waals surface area (Å²) in [4.78, 5) is 0. The Morgan fingerprint density at radius 1 is 1.18 bits per heavy atom. The summed E-state index contributed by atoms with van der Waals surface area (Å²) in [6.45, 7) is 4.18. The van der Waals surface area contributed by atoms with Crippen molar-refractivity contribution in [1.29, 1.82) is 0 Å². The zero-order valence-electron chi connectivity index (χ0n) is 9.92. The first-order valence-corrected chi connectivity index (χ1v) is 5.90. The fourth-order valence-corrected chi connectivity index (χ4v) is 2.51. The van der Waals surface area contributed by atoms with Gasteiger partial charge in [0.25, 0.3) is 0 Å². The van der Waals surface area contributed by atoms with E-state index in [9.17, 15) is 5.11 Å². The molecule has 1 N–H and O–H groups in total. The lowest BCUT2D eigenvalue weighted by Gasteiger charge is -2.16. The number of aliphatic hydroxyl groups excluding tert-OH is 1. The second-order valence-electron chi connectivity index (χ2n) is 4.72. The van der Waals surface area contributed by atoms with Crippen LogP contribution in [0.4, 0.5) is 0 Å².